The molecular formula is C16H18O6S. The molecule has 1 unspecified atom stereocenters. The molecule has 0 aromatic heterocycles. The van der Waals surface area contributed by atoms with Crippen LogP contribution in [0.4, 0.5) is 0 Å². The molecular weight excluding hydrogens is 320 g/mol. The van der Waals surface area contributed by atoms with Gasteiger partial charge in [-0.15, -0.1) is 0 Å². The third-order valence-electron chi connectivity index (χ3n) is 3.47. The van der Waals surface area contributed by atoms with Gasteiger partial charge in [0.2, 0.25) is 0 Å². The second kappa shape index (κ2) is 6.84. The molecule has 0 spiro atoms. The highest BCUT2D eigenvalue weighted by molar-refractivity contribution is 7.85. The van der Waals surface area contributed by atoms with E-state index in [9.17, 15) is 8.42 Å². The lowest BCUT2D eigenvalue weighted by atomic mass is 10.1. The SMILES string of the molecule is O=S(=O)(O)CCOCc1cc(OCC2CO2)c2ccccc2c1. The van der Waals surface area contributed by atoms with Crippen molar-refractivity contribution in [2.24, 2.45) is 0 Å². The molecule has 1 aliphatic rings. The summed E-state index contributed by atoms with van der Waals surface area (Å²) >= 11 is 0. The average Bonchev–Trinajstić information content (AvgIpc) is 3.32. The summed E-state index contributed by atoms with van der Waals surface area (Å²) in [5, 5.41) is 2.03. The maximum atomic E-state index is 10.7. The smallest absolute Gasteiger partial charge is 0.267 e. The van der Waals surface area contributed by atoms with Crippen molar-refractivity contribution in [2.45, 2.75) is 12.7 Å². The third-order valence-corrected chi connectivity index (χ3v) is 4.15. The minimum absolute atomic E-state index is 0.0578. The van der Waals surface area contributed by atoms with Gasteiger partial charge in [0, 0.05) is 5.39 Å². The van der Waals surface area contributed by atoms with E-state index in [4.69, 9.17) is 18.8 Å². The van der Waals surface area contributed by atoms with Crippen molar-refractivity contribution in [1.29, 1.82) is 0 Å². The summed E-state index contributed by atoms with van der Waals surface area (Å²) in [6.45, 7) is 1.43. The van der Waals surface area contributed by atoms with E-state index in [1.54, 1.807) is 0 Å². The molecule has 0 saturated carbocycles. The number of hydrogen-bond donors (Lipinski definition) is 1. The third kappa shape index (κ3) is 4.90. The van der Waals surface area contributed by atoms with Crippen LogP contribution in [0, 0.1) is 0 Å². The van der Waals surface area contributed by atoms with Gasteiger partial charge in [-0.3, -0.25) is 4.55 Å². The maximum absolute atomic E-state index is 10.7. The van der Waals surface area contributed by atoms with Crippen LogP contribution in [-0.2, 0) is 26.2 Å². The lowest BCUT2D eigenvalue weighted by Gasteiger charge is -2.11. The van der Waals surface area contributed by atoms with Crippen LogP contribution in [0.25, 0.3) is 10.8 Å². The van der Waals surface area contributed by atoms with Gasteiger partial charge in [-0.25, -0.2) is 0 Å². The Morgan fingerprint density at radius 1 is 1.26 bits per heavy atom. The van der Waals surface area contributed by atoms with Gasteiger partial charge in [-0.05, 0) is 23.1 Å². The van der Waals surface area contributed by atoms with Crippen LogP contribution in [0.15, 0.2) is 36.4 Å². The van der Waals surface area contributed by atoms with E-state index in [-0.39, 0.29) is 19.3 Å². The van der Waals surface area contributed by atoms with E-state index < -0.39 is 15.9 Å². The summed E-state index contributed by atoms with van der Waals surface area (Å²) < 4.78 is 46.3. The Morgan fingerprint density at radius 2 is 2.04 bits per heavy atom. The highest BCUT2D eigenvalue weighted by atomic mass is 32.2. The molecule has 2 aromatic rings. The van der Waals surface area contributed by atoms with Gasteiger partial charge in [0.05, 0.1) is 25.6 Å². The molecule has 1 aliphatic heterocycles. The van der Waals surface area contributed by atoms with E-state index in [2.05, 4.69) is 0 Å². The minimum Gasteiger partial charge on any atom is -0.490 e. The van der Waals surface area contributed by atoms with Crippen molar-refractivity contribution < 1.29 is 27.2 Å². The first-order valence-electron chi connectivity index (χ1n) is 7.30. The molecule has 23 heavy (non-hydrogen) atoms. The van der Waals surface area contributed by atoms with Gasteiger partial charge < -0.3 is 14.2 Å². The number of fused-ring (bicyclic) bond motifs is 1. The molecule has 1 heterocycles. The van der Waals surface area contributed by atoms with Gasteiger partial charge >= 0.3 is 0 Å². The maximum Gasteiger partial charge on any atom is 0.267 e. The van der Waals surface area contributed by atoms with Crippen molar-refractivity contribution in [2.75, 3.05) is 25.6 Å². The highest BCUT2D eigenvalue weighted by Crippen LogP contribution is 2.29. The summed E-state index contributed by atoms with van der Waals surface area (Å²) in [6.07, 6.45) is 0.170. The quantitative estimate of drug-likeness (QED) is 0.450. The monoisotopic (exact) mass is 338 g/mol. The summed E-state index contributed by atoms with van der Waals surface area (Å²) in [7, 11) is -4.00. The second-order valence-corrected chi connectivity index (χ2v) is 6.99. The molecule has 0 radical (unpaired) electrons. The zero-order valence-electron chi connectivity index (χ0n) is 12.5. The van der Waals surface area contributed by atoms with Crippen molar-refractivity contribution in [3.05, 3.63) is 42.0 Å². The van der Waals surface area contributed by atoms with E-state index in [0.717, 1.165) is 28.7 Å². The molecule has 1 saturated heterocycles. The topological polar surface area (TPSA) is 85.4 Å². The average molecular weight is 338 g/mol. The molecule has 124 valence electrons. The van der Waals surface area contributed by atoms with Gasteiger partial charge in [0.15, 0.2) is 0 Å². The Bertz CT molecular complexity index is 782. The van der Waals surface area contributed by atoms with E-state index in [1.165, 1.54) is 0 Å². The fourth-order valence-corrected chi connectivity index (χ4v) is 2.57. The summed E-state index contributed by atoms with van der Waals surface area (Å²) in [5.74, 6) is 0.343. The Kier molecular flexibility index (Phi) is 4.82. The van der Waals surface area contributed by atoms with Crippen LogP contribution in [0.3, 0.4) is 0 Å². The number of ether oxygens (including phenoxy) is 3. The van der Waals surface area contributed by atoms with Crippen LogP contribution in [0.1, 0.15) is 5.56 Å². The molecule has 0 aliphatic carbocycles. The predicted octanol–water partition coefficient (Wildman–Crippen LogP) is 2.02. The molecule has 1 fully saturated rings. The summed E-state index contributed by atoms with van der Waals surface area (Å²) in [6, 6.07) is 11.7. The van der Waals surface area contributed by atoms with E-state index in [0.29, 0.717) is 6.61 Å². The number of rotatable bonds is 8. The molecule has 0 bridgehead atoms. The predicted molar refractivity (Wildman–Crippen MR) is 85.3 cm³/mol. The fourth-order valence-electron chi connectivity index (χ4n) is 2.24. The number of hydrogen-bond acceptors (Lipinski definition) is 5. The van der Waals surface area contributed by atoms with Gasteiger partial charge in [-0.2, -0.15) is 8.42 Å². The number of epoxide rings is 1. The molecule has 1 atom stereocenters. The van der Waals surface area contributed by atoms with E-state index in [1.807, 2.05) is 36.4 Å². The fraction of sp³-hybridized carbons (Fsp3) is 0.375. The Labute approximate surface area is 134 Å². The van der Waals surface area contributed by atoms with Crippen LogP contribution in [0.5, 0.6) is 5.75 Å². The van der Waals surface area contributed by atoms with Crippen LogP contribution in [0.2, 0.25) is 0 Å². The summed E-state index contributed by atoms with van der Waals surface area (Å²) in [4.78, 5) is 0. The van der Waals surface area contributed by atoms with Crippen molar-refractivity contribution in [3.8, 4) is 5.75 Å². The normalized spacial score (nSPS) is 17.3. The largest absolute Gasteiger partial charge is 0.490 e. The minimum atomic E-state index is -4.00. The Morgan fingerprint density at radius 3 is 2.78 bits per heavy atom. The molecule has 3 rings (SSSR count). The van der Waals surface area contributed by atoms with Crippen molar-refractivity contribution >= 4 is 20.9 Å². The first-order valence-corrected chi connectivity index (χ1v) is 8.91. The van der Waals surface area contributed by atoms with Crippen molar-refractivity contribution in [1.82, 2.24) is 0 Å². The van der Waals surface area contributed by atoms with Gasteiger partial charge in [0.25, 0.3) is 10.1 Å². The summed E-state index contributed by atoms with van der Waals surface area (Å²) in [5.41, 5.74) is 0.880. The van der Waals surface area contributed by atoms with Gasteiger partial charge in [-0.1, -0.05) is 24.3 Å². The highest BCUT2D eigenvalue weighted by Gasteiger charge is 2.23. The van der Waals surface area contributed by atoms with Gasteiger partial charge in [0.1, 0.15) is 18.5 Å². The van der Waals surface area contributed by atoms with Crippen LogP contribution in [-0.4, -0.2) is 44.6 Å². The van der Waals surface area contributed by atoms with E-state index >= 15 is 0 Å². The first-order chi connectivity index (χ1) is 11.0. The lowest BCUT2D eigenvalue weighted by molar-refractivity contribution is 0.134. The van der Waals surface area contributed by atoms with Crippen LogP contribution < -0.4 is 4.74 Å². The lowest BCUT2D eigenvalue weighted by Crippen LogP contribution is -2.10. The molecule has 7 heteroatoms. The molecule has 6 nitrogen and oxygen atoms in total. The Balaban J connectivity index is 1.71. The standard InChI is InChI=1S/C16H18O6S/c17-23(18,19)6-5-20-9-12-7-13-3-1-2-4-15(13)16(8-12)22-11-14-10-21-14/h1-4,7-8,14H,5-6,9-11H2,(H,17,18,19). The molecule has 0 amide bonds. The zero-order valence-corrected chi connectivity index (χ0v) is 13.3. The first kappa shape index (κ1) is 16.2. The van der Waals surface area contributed by atoms with Crippen molar-refractivity contribution in [3.63, 3.8) is 0 Å². The van der Waals surface area contributed by atoms with Crippen LogP contribution >= 0.6 is 0 Å². The molecule has 2 aromatic carbocycles. The molecule has 1 N–H and O–H groups in total. The second-order valence-electron chi connectivity index (χ2n) is 5.42. The number of benzene rings is 2. The zero-order chi connectivity index (χ0) is 16.3. The Hall–Kier alpha value is -1.67.